The molecule has 4 heteroatoms. The molecule has 1 aliphatic rings. The second-order valence-electron chi connectivity index (χ2n) is 3.80. The van der Waals surface area contributed by atoms with Crippen molar-refractivity contribution in [2.75, 3.05) is 0 Å². The van der Waals surface area contributed by atoms with Gasteiger partial charge >= 0.3 is 11.9 Å². The first-order valence-electron chi connectivity index (χ1n) is 4.64. The van der Waals surface area contributed by atoms with E-state index < -0.39 is 11.9 Å². The summed E-state index contributed by atoms with van der Waals surface area (Å²) in [5, 5.41) is 17.3. The van der Waals surface area contributed by atoms with Gasteiger partial charge in [-0.3, -0.25) is 4.79 Å². The van der Waals surface area contributed by atoms with E-state index in [1.54, 1.807) is 0 Å². The van der Waals surface area contributed by atoms with Crippen molar-refractivity contribution in [3.8, 4) is 0 Å². The highest BCUT2D eigenvalue weighted by Crippen LogP contribution is 2.36. The highest BCUT2D eigenvalue weighted by atomic mass is 16.4. The molecule has 0 saturated heterocycles. The summed E-state index contributed by atoms with van der Waals surface area (Å²) < 4.78 is 0. The topological polar surface area (TPSA) is 74.6 Å². The molecule has 1 fully saturated rings. The molecule has 1 saturated carbocycles. The van der Waals surface area contributed by atoms with E-state index in [1.807, 2.05) is 0 Å². The summed E-state index contributed by atoms with van der Waals surface area (Å²) in [5.41, 5.74) is 0.220. The minimum Gasteiger partial charge on any atom is -0.481 e. The Hall–Kier alpha value is -1.32. The highest BCUT2D eigenvalue weighted by molar-refractivity contribution is 5.86. The van der Waals surface area contributed by atoms with Gasteiger partial charge < -0.3 is 10.2 Å². The Labute approximate surface area is 82.2 Å². The van der Waals surface area contributed by atoms with Crippen LogP contribution in [0.25, 0.3) is 0 Å². The lowest BCUT2D eigenvalue weighted by Gasteiger charge is -2.09. The van der Waals surface area contributed by atoms with Gasteiger partial charge in [0.05, 0.1) is 0 Å². The quantitative estimate of drug-likeness (QED) is 0.671. The van der Waals surface area contributed by atoms with Crippen molar-refractivity contribution in [3.05, 3.63) is 12.2 Å². The van der Waals surface area contributed by atoms with Gasteiger partial charge in [0.1, 0.15) is 0 Å². The Morgan fingerprint density at radius 3 is 2.43 bits per heavy atom. The number of carbonyl (C=O) groups is 2. The Morgan fingerprint density at radius 1 is 1.29 bits per heavy atom. The monoisotopic (exact) mass is 198 g/mol. The molecule has 0 aromatic rings. The normalized spacial score (nSPS) is 26.0. The third-order valence-electron chi connectivity index (χ3n) is 2.77. The Bertz CT molecular complexity index is 269. The predicted octanol–water partition coefficient (Wildman–Crippen LogP) is 1.52. The summed E-state index contributed by atoms with van der Waals surface area (Å²) >= 11 is 0. The zero-order valence-electron chi connectivity index (χ0n) is 7.90. The summed E-state index contributed by atoms with van der Waals surface area (Å²) in [7, 11) is 0. The van der Waals surface area contributed by atoms with Gasteiger partial charge in [0.2, 0.25) is 0 Å². The lowest BCUT2D eigenvalue weighted by molar-refractivity contribution is -0.138. The van der Waals surface area contributed by atoms with Crippen molar-refractivity contribution in [1.82, 2.24) is 0 Å². The smallest absolute Gasteiger partial charge is 0.331 e. The zero-order chi connectivity index (χ0) is 10.7. The first-order chi connectivity index (χ1) is 6.50. The van der Waals surface area contributed by atoms with Crippen LogP contribution in [0, 0.1) is 11.8 Å². The number of aliphatic carboxylic acids is 2. The summed E-state index contributed by atoms with van der Waals surface area (Å²) in [4.78, 5) is 21.0. The van der Waals surface area contributed by atoms with E-state index in [9.17, 15) is 9.59 Å². The van der Waals surface area contributed by atoms with Gasteiger partial charge in [-0.25, -0.2) is 4.79 Å². The van der Waals surface area contributed by atoms with E-state index in [0.717, 1.165) is 12.8 Å². The van der Waals surface area contributed by atoms with Crippen LogP contribution in [0.15, 0.2) is 12.2 Å². The predicted molar refractivity (Wildman–Crippen MR) is 49.9 cm³/mol. The van der Waals surface area contributed by atoms with Crippen molar-refractivity contribution < 1.29 is 19.8 Å². The summed E-state index contributed by atoms with van der Waals surface area (Å²) in [6.07, 6.45) is 2.34. The molecule has 0 aromatic heterocycles. The molecule has 2 N–H and O–H groups in total. The number of carboxylic acids is 2. The van der Waals surface area contributed by atoms with Crippen LogP contribution in [-0.4, -0.2) is 22.2 Å². The number of hydrogen-bond acceptors (Lipinski definition) is 2. The zero-order valence-corrected chi connectivity index (χ0v) is 7.90. The van der Waals surface area contributed by atoms with Crippen LogP contribution < -0.4 is 0 Å². The van der Waals surface area contributed by atoms with E-state index in [0.29, 0.717) is 6.42 Å². The van der Waals surface area contributed by atoms with Gasteiger partial charge in [0.15, 0.2) is 0 Å². The van der Waals surface area contributed by atoms with Crippen molar-refractivity contribution in [1.29, 1.82) is 0 Å². The molecule has 4 nitrogen and oxygen atoms in total. The molecule has 2 unspecified atom stereocenters. The molecule has 0 aromatic carbocycles. The van der Waals surface area contributed by atoms with Crippen LogP contribution in [0.4, 0.5) is 0 Å². The minimum absolute atomic E-state index is 0.0307. The summed E-state index contributed by atoms with van der Waals surface area (Å²) in [5.74, 6) is -1.69. The Morgan fingerprint density at radius 2 is 1.93 bits per heavy atom. The average molecular weight is 198 g/mol. The van der Waals surface area contributed by atoms with Crippen LogP contribution in [-0.2, 0) is 9.59 Å². The molecule has 0 amide bonds. The van der Waals surface area contributed by atoms with Crippen molar-refractivity contribution in [3.63, 3.8) is 0 Å². The molecule has 1 aliphatic carbocycles. The maximum absolute atomic E-state index is 10.6. The fourth-order valence-electron chi connectivity index (χ4n) is 2.00. The Kier molecular flexibility index (Phi) is 3.28. The minimum atomic E-state index is -0.967. The van der Waals surface area contributed by atoms with Gasteiger partial charge in [0, 0.05) is 12.0 Å². The molecule has 14 heavy (non-hydrogen) atoms. The number of carboxylic acid groups (broad SMARTS) is 2. The second kappa shape index (κ2) is 4.26. The van der Waals surface area contributed by atoms with E-state index in [4.69, 9.17) is 10.2 Å². The SMILES string of the molecule is C=C(C(=O)O)C1CCC(CC(=O)O)C1. The van der Waals surface area contributed by atoms with E-state index in [-0.39, 0.29) is 23.8 Å². The standard InChI is InChI=1S/C10H14O4/c1-6(10(13)14)8-3-2-7(4-8)5-9(11)12/h7-8H,1-5H2,(H,11,12)(H,13,14). The fourth-order valence-corrected chi connectivity index (χ4v) is 2.00. The second-order valence-corrected chi connectivity index (χ2v) is 3.80. The van der Waals surface area contributed by atoms with Gasteiger partial charge in [0.25, 0.3) is 0 Å². The average Bonchev–Trinajstić information content (AvgIpc) is 2.50. The van der Waals surface area contributed by atoms with Crippen LogP contribution in [0.2, 0.25) is 0 Å². The van der Waals surface area contributed by atoms with E-state index in [1.165, 1.54) is 0 Å². The summed E-state index contributed by atoms with van der Waals surface area (Å²) in [6.45, 7) is 3.50. The lowest BCUT2D eigenvalue weighted by Crippen LogP contribution is -2.10. The molecule has 0 spiro atoms. The third kappa shape index (κ3) is 2.58. The largest absolute Gasteiger partial charge is 0.481 e. The molecule has 0 heterocycles. The van der Waals surface area contributed by atoms with Gasteiger partial charge in [-0.1, -0.05) is 6.58 Å². The van der Waals surface area contributed by atoms with E-state index in [2.05, 4.69) is 6.58 Å². The number of rotatable bonds is 4. The van der Waals surface area contributed by atoms with Gasteiger partial charge in [-0.15, -0.1) is 0 Å². The van der Waals surface area contributed by atoms with Crippen LogP contribution in [0.1, 0.15) is 25.7 Å². The third-order valence-corrected chi connectivity index (χ3v) is 2.77. The lowest BCUT2D eigenvalue weighted by atomic mass is 9.96. The van der Waals surface area contributed by atoms with Crippen molar-refractivity contribution in [2.24, 2.45) is 11.8 Å². The van der Waals surface area contributed by atoms with E-state index >= 15 is 0 Å². The Balaban J connectivity index is 2.45. The first-order valence-corrected chi connectivity index (χ1v) is 4.64. The fraction of sp³-hybridized carbons (Fsp3) is 0.600. The van der Waals surface area contributed by atoms with Gasteiger partial charge in [-0.05, 0) is 31.1 Å². The molecule has 0 bridgehead atoms. The first kappa shape index (κ1) is 10.8. The van der Waals surface area contributed by atoms with Crippen LogP contribution >= 0.6 is 0 Å². The maximum atomic E-state index is 10.6. The molecule has 1 rings (SSSR count). The number of hydrogen-bond donors (Lipinski definition) is 2. The molecule has 2 atom stereocenters. The van der Waals surface area contributed by atoms with Crippen LogP contribution in [0.5, 0.6) is 0 Å². The summed E-state index contributed by atoms with van der Waals surface area (Å²) in [6, 6.07) is 0. The van der Waals surface area contributed by atoms with Gasteiger partial charge in [-0.2, -0.15) is 0 Å². The molecule has 0 radical (unpaired) electrons. The molecular weight excluding hydrogens is 184 g/mol. The van der Waals surface area contributed by atoms with Crippen LogP contribution in [0.3, 0.4) is 0 Å². The maximum Gasteiger partial charge on any atom is 0.331 e. The van der Waals surface area contributed by atoms with Crippen molar-refractivity contribution >= 4 is 11.9 Å². The molecule has 78 valence electrons. The molecule has 0 aliphatic heterocycles. The highest BCUT2D eigenvalue weighted by Gasteiger charge is 2.30. The molecular formula is C10H14O4. The van der Waals surface area contributed by atoms with Crippen molar-refractivity contribution in [2.45, 2.75) is 25.7 Å².